The van der Waals surface area contributed by atoms with Gasteiger partial charge < -0.3 is 20.8 Å². The van der Waals surface area contributed by atoms with Gasteiger partial charge in [-0.15, -0.1) is 0 Å². The van der Waals surface area contributed by atoms with Crippen LogP contribution in [-0.2, 0) is 0 Å². The van der Waals surface area contributed by atoms with Crippen LogP contribution in [-0.4, -0.2) is 11.6 Å². The molecule has 0 radical (unpaired) electrons. The number of carboxylic acid groups (broad SMARTS) is 1. The van der Waals surface area contributed by atoms with Gasteiger partial charge >= 0.3 is 29.6 Å². The maximum absolute atomic E-state index is 9.02. The molecule has 0 saturated carbocycles. The van der Waals surface area contributed by atoms with Gasteiger partial charge in [0.25, 0.3) is 0 Å². The largest absolute Gasteiger partial charge is 1.00 e. The molecule has 0 aromatic rings. The van der Waals surface area contributed by atoms with Crippen LogP contribution in [0, 0.1) is 0 Å². The Morgan fingerprint density at radius 2 is 1.86 bits per heavy atom. The van der Waals surface area contributed by atoms with Gasteiger partial charge in [-0.05, 0) is 0 Å². The molecule has 0 aromatic heterocycles. The maximum atomic E-state index is 9.02. The van der Waals surface area contributed by atoms with Crippen LogP contribution in [0.15, 0.2) is 0 Å². The minimum Gasteiger partial charge on any atom is -0.529 e. The molecular formula is CH5N2NaO3. The predicted molar refractivity (Wildman–Crippen MR) is 16.3 cm³/mol. The van der Waals surface area contributed by atoms with Gasteiger partial charge in [0.15, 0.2) is 0 Å². The third-order valence-electron chi connectivity index (χ3n) is 0.118. The number of hydrogen-bond donors (Lipinski definition) is 2. The second kappa shape index (κ2) is 9.50. The van der Waals surface area contributed by atoms with E-state index in [0.29, 0.717) is 0 Å². The van der Waals surface area contributed by atoms with Crippen LogP contribution in [0.3, 0.4) is 0 Å². The molecule has 6 heteroatoms. The van der Waals surface area contributed by atoms with E-state index in [-0.39, 0.29) is 35.0 Å². The van der Waals surface area contributed by atoms with Gasteiger partial charge in [0, 0.05) is 0 Å². The SMILES string of the molecule is NNC(=O)[O-].O.[Na+]. The molecule has 0 spiro atoms. The summed E-state index contributed by atoms with van der Waals surface area (Å²) in [5.41, 5.74) is 1.33. The summed E-state index contributed by atoms with van der Waals surface area (Å²) >= 11 is 0. The average molecular weight is 116 g/mol. The normalized spacial score (nSPS) is 4.71. The Bertz CT molecular complexity index is 48.2. The van der Waals surface area contributed by atoms with Crippen molar-refractivity contribution in [2.45, 2.75) is 0 Å². The first-order valence-electron chi connectivity index (χ1n) is 0.947. The van der Waals surface area contributed by atoms with Gasteiger partial charge in [-0.3, -0.25) is 0 Å². The Kier molecular flexibility index (Phi) is 21.3. The second-order valence-electron chi connectivity index (χ2n) is 0.432. The van der Waals surface area contributed by atoms with Crippen molar-refractivity contribution in [1.82, 2.24) is 5.43 Å². The summed E-state index contributed by atoms with van der Waals surface area (Å²) < 4.78 is 0. The number of nitrogens with two attached hydrogens (primary N) is 1. The van der Waals surface area contributed by atoms with Gasteiger partial charge in [-0.2, -0.15) is 0 Å². The van der Waals surface area contributed by atoms with E-state index in [9.17, 15) is 0 Å². The first-order valence-corrected chi connectivity index (χ1v) is 0.947. The Balaban J connectivity index is -0.0000000800. The van der Waals surface area contributed by atoms with E-state index in [1.165, 1.54) is 5.43 Å². The van der Waals surface area contributed by atoms with Crippen molar-refractivity contribution in [3.63, 3.8) is 0 Å². The number of hydrogen-bond acceptors (Lipinski definition) is 3. The molecule has 7 heavy (non-hydrogen) atoms. The molecule has 1 amide bonds. The third kappa shape index (κ3) is 22.7. The second-order valence-corrected chi connectivity index (χ2v) is 0.432. The Morgan fingerprint density at radius 1 is 1.71 bits per heavy atom. The molecule has 0 aliphatic rings. The summed E-state index contributed by atoms with van der Waals surface area (Å²) in [5, 5.41) is 9.02. The number of carbonyl (C=O) groups is 1. The van der Waals surface area contributed by atoms with Crippen LogP contribution in [0.4, 0.5) is 4.79 Å². The van der Waals surface area contributed by atoms with E-state index in [1.807, 2.05) is 0 Å². The van der Waals surface area contributed by atoms with Gasteiger partial charge in [0.2, 0.25) is 0 Å². The van der Waals surface area contributed by atoms with E-state index in [4.69, 9.17) is 9.90 Å². The Labute approximate surface area is 62.4 Å². The number of carbonyl (C=O) groups excluding carboxylic acids is 1. The number of amides is 1. The van der Waals surface area contributed by atoms with Crippen molar-refractivity contribution in [3.8, 4) is 0 Å². The van der Waals surface area contributed by atoms with E-state index in [0.717, 1.165) is 0 Å². The standard InChI is InChI=1S/CH4N2O2.Na.H2O/c2-3-1(4)5;;/h3H,2H2,(H,4,5);;1H2/q;+1;/p-1. The van der Waals surface area contributed by atoms with Crippen LogP contribution in [0.5, 0.6) is 0 Å². The van der Waals surface area contributed by atoms with Crippen molar-refractivity contribution in [2.75, 3.05) is 0 Å². The molecule has 0 bridgehead atoms. The Morgan fingerprint density at radius 3 is 1.86 bits per heavy atom. The quantitative estimate of drug-likeness (QED) is 0.142. The average Bonchev–Trinajstić information content (AvgIpc) is 1.38. The summed E-state index contributed by atoms with van der Waals surface area (Å²) in [5.74, 6) is 4.26. The monoisotopic (exact) mass is 116 g/mol. The van der Waals surface area contributed by atoms with E-state index in [2.05, 4.69) is 5.84 Å². The molecule has 5 N–H and O–H groups in total. The van der Waals surface area contributed by atoms with E-state index in [1.54, 1.807) is 0 Å². The van der Waals surface area contributed by atoms with Crippen LogP contribution in [0.2, 0.25) is 0 Å². The van der Waals surface area contributed by atoms with Crippen LogP contribution in [0.25, 0.3) is 0 Å². The minimum absolute atomic E-state index is 0. The summed E-state index contributed by atoms with van der Waals surface area (Å²) in [6.45, 7) is 0. The molecule has 0 aliphatic carbocycles. The molecule has 5 nitrogen and oxygen atoms in total. The van der Waals surface area contributed by atoms with E-state index < -0.39 is 6.09 Å². The number of hydrazine groups is 1. The van der Waals surface area contributed by atoms with Gasteiger partial charge in [0.1, 0.15) is 6.09 Å². The Hall–Kier alpha value is 0.190. The molecule has 0 unspecified atom stereocenters. The molecule has 0 aliphatic heterocycles. The van der Waals surface area contributed by atoms with Gasteiger partial charge in [-0.25, -0.2) is 5.84 Å². The zero-order valence-electron chi connectivity index (χ0n) is 3.89. The van der Waals surface area contributed by atoms with Gasteiger partial charge in [0.05, 0.1) is 0 Å². The first kappa shape index (κ1) is 15.7. The molecule has 0 heterocycles. The number of nitrogens with one attached hydrogen (secondary N) is 1. The summed E-state index contributed by atoms with van der Waals surface area (Å²) in [4.78, 5) is 9.02. The molecule has 0 saturated heterocycles. The maximum Gasteiger partial charge on any atom is 1.00 e. The molecule has 0 atom stereocenters. The first-order chi connectivity index (χ1) is 2.27. The van der Waals surface area contributed by atoms with Crippen molar-refractivity contribution < 1.29 is 44.9 Å². The third-order valence-corrected chi connectivity index (χ3v) is 0.118. The fraction of sp³-hybridized carbons (Fsp3) is 0. The van der Waals surface area contributed by atoms with Gasteiger partial charge in [-0.1, -0.05) is 0 Å². The minimum atomic E-state index is -1.47. The summed E-state index contributed by atoms with van der Waals surface area (Å²) in [7, 11) is 0. The predicted octanol–water partition coefficient (Wildman–Crippen LogP) is -6.03. The fourth-order valence-corrected chi connectivity index (χ4v) is 0. The smallest absolute Gasteiger partial charge is 0.529 e. The van der Waals surface area contributed by atoms with Crippen LogP contribution >= 0.6 is 0 Å². The zero-order chi connectivity index (χ0) is 4.28. The summed E-state index contributed by atoms with van der Waals surface area (Å²) in [6, 6.07) is 0. The molecule has 0 fully saturated rings. The van der Waals surface area contributed by atoms with Crippen molar-refractivity contribution in [1.29, 1.82) is 0 Å². The van der Waals surface area contributed by atoms with E-state index >= 15 is 0 Å². The molecule has 0 aromatic carbocycles. The molecule has 0 rings (SSSR count). The molecule has 38 valence electrons. The fourth-order valence-electron chi connectivity index (χ4n) is 0. The van der Waals surface area contributed by atoms with Crippen molar-refractivity contribution in [3.05, 3.63) is 0 Å². The van der Waals surface area contributed by atoms with Crippen molar-refractivity contribution in [2.24, 2.45) is 5.84 Å². The topological polar surface area (TPSA) is 110 Å². The summed E-state index contributed by atoms with van der Waals surface area (Å²) in [6.07, 6.45) is -1.47. The van der Waals surface area contributed by atoms with Crippen LogP contribution < -0.4 is 45.9 Å². The van der Waals surface area contributed by atoms with Crippen molar-refractivity contribution >= 4 is 6.09 Å². The zero-order valence-corrected chi connectivity index (χ0v) is 5.89. The molecular weight excluding hydrogens is 111 g/mol. The number of rotatable bonds is 0. The van der Waals surface area contributed by atoms with Crippen LogP contribution in [0.1, 0.15) is 0 Å².